The van der Waals surface area contributed by atoms with Gasteiger partial charge in [-0.05, 0) is 43.4 Å². The normalized spacial score (nSPS) is 15.0. The van der Waals surface area contributed by atoms with Crippen molar-refractivity contribution in [2.24, 2.45) is 16.7 Å². The lowest BCUT2D eigenvalue weighted by Crippen LogP contribution is -2.41. The standard InChI is InChI=1S/C26H48Cl2O4/c1-19(2)26(7,8)32-23(31)21(28)25(5,6)18-16-14-12-10-9-11-13-15-17-24(3,4)20(27)22(29)30/h19-21H,9-18H2,1-8H3,(H,29,30). The number of halogens is 2. The highest BCUT2D eigenvalue weighted by Gasteiger charge is 2.38. The minimum absolute atomic E-state index is 0.229. The van der Waals surface area contributed by atoms with Crippen LogP contribution in [0.4, 0.5) is 0 Å². The fraction of sp³-hybridized carbons (Fsp3) is 0.923. The van der Waals surface area contributed by atoms with Gasteiger partial charge in [-0.1, -0.05) is 92.9 Å². The number of esters is 1. The van der Waals surface area contributed by atoms with Crippen molar-refractivity contribution >= 4 is 35.1 Å². The van der Waals surface area contributed by atoms with E-state index >= 15 is 0 Å². The summed E-state index contributed by atoms with van der Waals surface area (Å²) in [4.78, 5) is 23.6. The lowest BCUT2D eigenvalue weighted by Gasteiger charge is -2.34. The number of carbonyl (C=O) groups is 2. The van der Waals surface area contributed by atoms with Crippen molar-refractivity contribution in [3.05, 3.63) is 0 Å². The van der Waals surface area contributed by atoms with E-state index in [-0.39, 0.29) is 22.7 Å². The first-order valence-electron chi connectivity index (χ1n) is 12.3. The summed E-state index contributed by atoms with van der Waals surface area (Å²) in [5.74, 6) is -1.02. The van der Waals surface area contributed by atoms with Gasteiger partial charge in [0.15, 0.2) is 0 Å². The SMILES string of the molecule is CC(C)C(C)(C)OC(=O)C(Cl)C(C)(C)CCCCCCCCCCC(C)(C)C(Cl)C(=O)O. The van der Waals surface area contributed by atoms with Crippen LogP contribution in [-0.4, -0.2) is 33.4 Å². The Bertz CT molecular complexity index is 570. The number of unbranched alkanes of at least 4 members (excludes halogenated alkanes) is 7. The van der Waals surface area contributed by atoms with E-state index in [9.17, 15) is 9.59 Å². The van der Waals surface area contributed by atoms with E-state index in [1.165, 1.54) is 25.7 Å². The molecule has 0 bridgehead atoms. The van der Waals surface area contributed by atoms with E-state index in [0.29, 0.717) is 0 Å². The third-order valence-corrected chi connectivity index (χ3v) is 8.49. The predicted octanol–water partition coefficient (Wildman–Crippen LogP) is 8.22. The van der Waals surface area contributed by atoms with E-state index < -0.39 is 22.3 Å². The number of aliphatic carboxylic acids is 1. The molecule has 4 nitrogen and oxygen atoms in total. The van der Waals surface area contributed by atoms with E-state index in [4.69, 9.17) is 33.0 Å². The van der Waals surface area contributed by atoms with E-state index in [0.717, 1.165) is 38.5 Å². The number of hydrogen-bond donors (Lipinski definition) is 1. The summed E-state index contributed by atoms with van der Waals surface area (Å²) in [5, 5.41) is 7.60. The van der Waals surface area contributed by atoms with Gasteiger partial charge in [-0.2, -0.15) is 0 Å². The Morgan fingerprint density at radius 3 is 1.41 bits per heavy atom. The maximum atomic E-state index is 12.5. The molecule has 0 heterocycles. The molecule has 0 saturated heterocycles. The molecule has 0 aliphatic carbocycles. The molecule has 190 valence electrons. The largest absolute Gasteiger partial charge is 0.480 e. The van der Waals surface area contributed by atoms with Crippen molar-refractivity contribution in [2.45, 2.75) is 136 Å². The Morgan fingerprint density at radius 1 is 0.719 bits per heavy atom. The van der Waals surface area contributed by atoms with Crippen molar-refractivity contribution in [1.82, 2.24) is 0 Å². The number of carboxylic acids is 1. The van der Waals surface area contributed by atoms with Crippen LogP contribution >= 0.6 is 23.2 Å². The molecule has 0 aromatic heterocycles. The number of ether oxygens (including phenoxy) is 1. The second-order valence-corrected chi connectivity index (χ2v) is 12.4. The molecular formula is C26H48Cl2O4. The highest BCUT2D eigenvalue weighted by atomic mass is 35.5. The topological polar surface area (TPSA) is 63.6 Å². The van der Waals surface area contributed by atoms with E-state index in [1.54, 1.807) is 0 Å². The molecule has 0 aliphatic heterocycles. The van der Waals surface area contributed by atoms with Crippen LogP contribution in [0.1, 0.15) is 120 Å². The van der Waals surface area contributed by atoms with Gasteiger partial charge >= 0.3 is 11.9 Å². The zero-order valence-electron chi connectivity index (χ0n) is 21.7. The van der Waals surface area contributed by atoms with Crippen LogP contribution in [0.5, 0.6) is 0 Å². The molecule has 0 aromatic rings. The quantitative estimate of drug-likeness (QED) is 0.125. The van der Waals surface area contributed by atoms with Gasteiger partial charge in [-0.15, -0.1) is 23.2 Å². The van der Waals surface area contributed by atoms with Crippen LogP contribution in [0.3, 0.4) is 0 Å². The molecular weight excluding hydrogens is 447 g/mol. The van der Waals surface area contributed by atoms with Gasteiger partial charge in [0.2, 0.25) is 0 Å². The Balaban J connectivity index is 4.02. The van der Waals surface area contributed by atoms with Gasteiger partial charge in [0, 0.05) is 0 Å². The van der Waals surface area contributed by atoms with Crippen molar-refractivity contribution < 1.29 is 19.4 Å². The van der Waals surface area contributed by atoms with Crippen molar-refractivity contribution in [1.29, 1.82) is 0 Å². The smallest absolute Gasteiger partial charge is 0.325 e. The van der Waals surface area contributed by atoms with Crippen LogP contribution in [0, 0.1) is 16.7 Å². The number of hydrogen-bond acceptors (Lipinski definition) is 3. The summed E-state index contributed by atoms with van der Waals surface area (Å²) >= 11 is 12.5. The summed E-state index contributed by atoms with van der Waals surface area (Å²) in [6.07, 6.45) is 10.8. The molecule has 2 atom stereocenters. The Morgan fingerprint density at radius 2 is 1.06 bits per heavy atom. The summed E-state index contributed by atoms with van der Waals surface area (Å²) in [5.41, 5.74) is -1.19. The third-order valence-electron chi connectivity index (χ3n) is 6.94. The van der Waals surface area contributed by atoms with Gasteiger partial charge in [0.05, 0.1) is 0 Å². The monoisotopic (exact) mass is 494 g/mol. The molecule has 32 heavy (non-hydrogen) atoms. The van der Waals surface area contributed by atoms with E-state index in [1.807, 2.05) is 55.4 Å². The zero-order chi connectivity index (χ0) is 25.2. The maximum Gasteiger partial charge on any atom is 0.325 e. The van der Waals surface area contributed by atoms with Crippen molar-refractivity contribution in [3.8, 4) is 0 Å². The van der Waals surface area contributed by atoms with Crippen molar-refractivity contribution in [3.63, 3.8) is 0 Å². The van der Waals surface area contributed by atoms with Crippen LogP contribution in [-0.2, 0) is 14.3 Å². The molecule has 6 heteroatoms. The first-order valence-corrected chi connectivity index (χ1v) is 13.2. The minimum Gasteiger partial charge on any atom is -0.480 e. The number of alkyl halides is 2. The van der Waals surface area contributed by atoms with Crippen LogP contribution in [0.25, 0.3) is 0 Å². The summed E-state index contributed by atoms with van der Waals surface area (Å²) in [6, 6.07) is 0. The molecule has 2 unspecified atom stereocenters. The zero-order valence-corrected chi connectivity index (χ0v) is 23.2. The minimum atomic E-state index is -0.934. The molecule has 0 rings (SSSR count). The second-order valence-electron chi connectivity index (χ2n) is 11.5. The summed E-state index contributed by atoms with van der Waals surface area (Å²) < 4.78 is 5.68. The highest BCUT2D eigenvalue weighted by Crippen LogP contribution is 2.35. The van der Waals surface area contributed by atoms with Gasteiger partial charge in [-0.25, -0.2) is 0 Å². The average Bonchev–Trinajstić information content (AvgIpc) is 2.67. The Kier molecular flexibility index (Phi) is 13.8. The van der Waals surface area contributed by atoms with Gasteiger partial charge < -0.3 is 9.84 Å². The fourth-order valence-electron chi connectivity index (χ4n) is 3.56. The van der Waals surface area contributed by atoms with Gasteiger partial charge in [0.1, 0.15) is 16.4 Å². The molecule has 0 aliphatic rings. The van der Waals surface area contributed by atoms with Gasteiger partial charge in [0.25, 0.3) is 0 Å². The lowest BCUT2D eigenvalue weighted by atomic mass is 9.82. The predicted molar refractivity (Wildman–Crippen MR) is 136 cm³/mol. The molecule has 0 fully saturated rings. The first-order chi connectivity index (χ1) is 14.5. The summed E-state index contributed by atoms with van der Waals surface area (Å²) in [6.45, 7) is 15.9. The molecule has 0 saturated carbocycles. The third kappa shape index (κ3) is 11.6. The van der Waals surface area contributed by atoms with Crippen LogP contribution in [0.2, 0.25) is 0 Å². The lowest BCUT2D eigenvalue weighted by molar-refractivity contribution is -0.162. The van der Waals surface area contributed by atoms with E-state index in [2.05, 4.69) is 0 Å². The molecule has 0 amide bonds. The average molecular weight is 496 g/mol. The first kappa shape index (κ1) is 31.5. The van der Waals surface area contributed by atoms with Crippen LogP contribution < -0.4 is 0 Å². The molecule has 0 radical (unpaired) electrons. The molecule has 0 aromatic carbocycles. The van der Waals surface area contributed by atoms with Crippen LogP contribution in [0.15, 0.2) is 0 Å². The number of carbonyl (C=O) groups excluding carboxylic acids is 1. The van der Waals surface area contributed by atoms with Gasteiger partial charge in [-0.3, -0.25) is 9.59 Å². The fourth-order valence-corrected chi connectivity index (χ4v) is 3.82. The Labute approximate surface area is 207 Å². The maximum absolute atomic E-state index is 12.5. The second kappa shape index (κ2) is 14.0. The highest BCUT2D eigenvalue weighted by molar-refractivity contribution is 6.30. The number of rotatable bonds is 17. The Hall–Kier alpha value is -0.480. The summed E-state index contributed by atoms with van der Waals surface area (Å²) in [7, 11) is 0. The molecule has 0 spiro atoms. The number of carboxylic acid groups (broad SMARTS) is 1. The van der Waals surface area contributed by atoms with Crippen molar-refractivity contribution in [2.75, 3.05) is 0 Å². The molecule has 1 N–H and O–H groups in total.